The molecule has 0 fully saturated rings. The van der Waals surface area contributed by atoms with Crippen molar-refractivity contribution in [3.63, 3.8) is 0 Å². The van der Waals surface area contributed by atoms with Gasteiger partial charge in [-0.3, -0.25) is 0 Å². The van der Waals surface area contributed by atoms with Gasteiger partial charge in [-0.2, -0.15) is 0 Å². The van der Waals surface area contributed by atoms with Crippen molar-refractivity contribution in [3.8, 4) is 0 Å². The summed E-state index contributed by atoms with van der Waals surface area (Å²) in [5.74, 6) is 0. The highest BCUT2D eigenvalue weighted by Crippen LogP contribution is 2.28. The van der Waals surface area contributed by atoms with Gasteiger partial charge in [0.25, 0.3) is 0 Å². The van der Waals surface area contributed by atoms with Crippen LogP contribution in [0.3, 0.4) is 0 Å². The Labute approximate surface area is 139 Å². The van der Waals surface area contributed by atoms with Gasteiger partial charge in [0.1, 0.15) is 16.5 Å². The van der Waals surface area contributed by atoms with E-state index in [9.17, 15) is 0 Å². The standard InChI is InChI=1S/C18H28NPSi2/c1-21(2,3)19(22(4,5)6)16-11-10-14-18(15-16)20-17-12-8-7-9-13-17/h7-15,20H,1-6H3. The van der Waals surface area contributed by atoms with Crippen LogP contribution in [0, 0.1) is 0 Å². The zero-order chi connectivity index (χ0) is 16.4. The monoisotopic (exact) mass is 345 g/mol. The lowest BCUT2D eigenvalue weighted by molar-refractivity contribution is 1.36. The van der Waals surface area contributed by atoms with Crippen LogP contribution in [0.4, 0.5) is 5.69 Å². The molecular formula is C18H28NPSi2. The molecule has 2 rings (SSSR count). The molecule has 1 atom stereocenters. The first-order valence-corrected chi connectivity index (χ1v) is 15.8. The van der Waals surface area contributed by atoms with E-state index in [1.165, 1.54) is 16.3 Å². The summed E-state index contributed by atoms with van der Waals surface area (Å²) in [4.78, 5) is 0. The molecule has 1 unspecified atom stereocenters. The Kier molecular flexibility index (Phi) is 5.31. The van der Waals surface area contributed by atoms with Crippen molar-refractivity contribution in [1.29, 1.82) is 0 Å². The maximum Gasteiger partial charge on any atom is 0.138 e. The topological polar surface area (TPSA) is 3.24 Å². The summed E-state index contributed by atoms with van der Waals surface area (Å²) in [5.41, 5.74) is 1.43. The van der Waals surface area contributed by atoms with Crippen LogP contribution in [0.15, 0.2) is 54.6 Å². The van der Waals surface area contributed by atoms with Crippen LogP contribution in [0.1, 0.15) is 0 Å². The van der Waals surface area contributed by atoms with Crippen LogP contribution >= 0.6 is 8.58 Å². The summed E-state index contributed by atoms with van der Waals surface area (Å²) in [5, 5.41) is 2.84. The molecule has 0 radical (unpaired) electrons. The summed E-state index contributed by atoms with van der Waals surface area (Å²) in [7, 11) is -2.02. The van der Waals surface area contributed by atoms with Gasteiger partial charge in [0.2, 0.25) is 0 Å². The van der Waals surface area contributed by atoms with Crippen LogP contribution < -0.4 is 14.8 Å². The van der Waals surface area contributed by atoms with Crippen LogP contribution in [0.2, 0.25) is 39.3 Å². The molecule has 2 aromatic carbocycles. The smallest absolute Gasteiger partial charge is 0.138 e. The molecule has 118 valence electrons. The summed E-state index contributed by atoms with van der Waals surface area (Å²) >= 11 is 0. The lowest BCUT2D eigenvalue weighted by Crippen LogP contribution is -2.59. The highest BCUT2D eigenvalue weighted by molar-refractivity contribution is 7.55. The Morgan fingerprint density at radius 3 is 1.77 bits per heavy atom. The molecule has 0 bridgehead atoms. The highest BCUT2D eigenvalue weighted by atomic mass is 31.1. The molecule has 0 aromatic heterocycles. The van der Waals surface area contributed by atoms with Crippen LogP contribution in [-0.2, 0) is 0 Å². The van der Waals surface area contributed by atoms with E-state index in [1.807, 2.05) is 0 Å². The Morgan fingerprint density at radius 1 is 0.682 bits per heavy atom. The Balaban J connectivity index is 2.34. The molecular weight excluding hydrogens is 317 g/mol. The van der Waals surface area contributed by atoms with E-state index < -0.39 is 16.5 Å². The van der Waals surface area contributed by atoms with Crippen molar-refractivity contribution in [2.75, 3.05) is 4.23 Å². The first-order chi connectivity index (χ1) is 10.2. The molecule has 2 aromatic rings. The second kappa shape index (κ2) is 6.70. The maximum atomic E-state index is 2.79. The predicted molar refractivity (Wildman–Crippen MR) is 110 cm³/mol. The first-order valence-electron chi connectivity index (χ1n) is 7.90. The van der Waals surface area contributed by atoms with Crippen molar-refractivity contribution in [2.45, 2.75) is 39.3 Å². The van der Waals surface area contributed by atoms with E-state index in [0.29, 0.717) is 0 Å². The first kappa shape index (κ1) is 17.5. The number of rotatable bonds is 5. The number of hydrogen-bond donors (Lipinski definition) is 0. The molecule has 0 aliphatic rings. The minimum Gasteiger partial charge on any atom is -0.425 e. The van der Waals surface area contributed by atoms with Crippen molar-refractivity contribution >= 4 is 41.3 Å². The predicted octanol–water partition coefficient (Wildman–Crippen LogP) is 4.79. The van der Waals surface area contributed by atoms with Crippen molar-refractivity contribution < 1.29 is 0 Å². The van der Waals surface area contributed by atoms with Crippen molar-refractivity contribution in [3.05, 3.63) is 54.6 Å². The average molecular weight is 346 g/mol. The zero-order valence-electron chi connectivity index (χ0n) is 14.6. The molecule has 0 spiro atoms. The number of hydrogen-bond acceptors (Lipinski definition) is 1. The van der Waals surface area contributed by atoms with Crippen LogP contribution in [-0.4, -0.2) is 16.5 Å². The van der Waals surface area contributed by atoms with Gasteiger partial charge in [-0.05, 0) is 22.7 Å². The zero-order valence-corrected chi connectivity index (χ0v) is 17.6. The minimum absolute atomic E-state index is 0.737. The van der Waals surface area contributed by atoms with Crippen molar-refractivity contribution in [1.82, 2.24) is 0 Å². The van der Waals surface area contributed by atoms with Gasteiger partial charge in [0.05, 0.1) is 0 Å². The molecule has 0 heterocycles. The molecule has 0 amide bonds. The Hall–Kier alpha value is -0.896. The van der Waals surface area contributed by atoms with Gasteiger partial charge in [-0.1, -0.05) is 90.3 Å². The SMILES string of the molecule is C[Si](C)(C)N(c1cccc(Pc2ccccc2)c1)[Si](C)(C)C. The normalized spacial score (nSPS) is 12.8. The van der Waals surface area contributed by atoms with Gasteiger partial charge < -0.3 is 4.23 Å². The van der Waals surface area contributed by atoms with Gasteiger partial charge in [-0.25, -0.2) is 0 Å². The molecule has 22 heavy (non-hydrogen) atoms. The van der Waals surface area contributed by atoms with E-state index in [1.54, 1.807) is 0 Å². The molecule has 4 heteroatoms. The molecule has 0 saturated heterocycles. The fourth-order valence-electron chi connectivity index (χ4n) is 3.19. The number of benzene rings is 2. The van der Waals surface area contributed by atoms with E-state index >= 15 is 0 Å². The lowest BCUT2D eigenvalue weighted by Gasteiger charge is -2.46. The third kappa shape index (κ3) is 4.55. The highest BCUT2D eigenvalue weighted by Gasteiger charge is 2.34. The fraction of sp³-hybridized carbons (Fsp3) is 0.333. The number of nitrogens with zero attached hydrogens (tertiary/aromatic N) is 1. The van der Waals surface area contributed by atoms with E-state index in [4.69, 9.17) is 0 Å². The molecule has 0 N–H and O–H groups in total. The van der Waals surface area contributed by atoms with Gasteiger partial charge in [0, 0.05) is 5.69 Å². The quantitative estimate of drug-likeness (QED) is 0.556. The van der Waals surface area contributed by atoms with E-state index in [-0.39, 0.29) is 0 Å². The third-order valence-electron chi connectivity index (χ3n) is 3.51. The Bertz CT molecular complexity index is 601. The molecule has 1 nitrogen and oxygen atoms in total. The summed E-state index contributed by atoms with van der Waals surface area (Å²) in [6.07, 6.45) is 0. The Morgan fingerprint density at radius 2 is 1.23 bits per heavy atom. The van der Waals surface area contributed by atoms with Crippen LogP contribution in [0.5, 0.6) is 0 Å². The summed E-state index contributed by atoms with van der Waals surface area (Å²) in [6.45, 7) is 14.7. The minimum atomic E-state index is -1.38. The molecule has 0 saturated carbocycles. The summed E-state index contributed by atoms with van der Waals surface area (Å²) in [6, 6.07) is 20.0. The number of anilines is 1. The van der Waals surface area contributed by atoms with Crippen molar-refractivity contribution in [2.24, 2.45) is 0 Å². The lowest BCUT2D eigenvalue weighted by atomic mass is 10.3. The van der Waals surface area contributed by atoms with Gasteiger partial charge in [-0.15, -0.1) is 0 Å². The largest absolute Gasteiger partial charge is 0.425 e. The fourth-order valence-corrected chi connectivity index (χ4v) is 14.2. The third-order valence-corrected chi connectivity index (χ3v) is 12.0. The molecule has 0 aliphatic heterocycles. The average Bonchev–Trinajstić information content (AvgIpc) is 2.36. The molecule has 0 aliphatic carbocycles. The second-order valence-electron chi connectivity index (χ2n) is 7.72. The van der Waals surface area contributed by atoms with Gasteiger partial charge in [0.15, 0.2) is 0 Å². The summed E-state index contributed by atoms with van der Waals surface area (Å²) < 4.78 is 2.79. The van der Waals surface area contributed by atoms with Crippen LogP contribution in [0.25, 0.3) is 0 Å². The maximum absolute atomic E-state index is 2.79. The van der Waals surface area contributed by atoms with E-state index in [0.717, 1.165) is 8.58 Å². The van der Waals surface area contributed by atoms with Gasteiger partial charge >= 0.3 is 0 Å². The van der Waals surface area contributed by atoms with E-state index in [2.05, 4.69) is 98.1 Å². The second-order valence-corrected chi connectivity index (χ2v) is 19.1.